The highest BCUT2D eigenvalue weighted by molar-refractivity contribution is 14.1. The summed E-state index contributed by atoms with van der Waals surface area (Å²) in [5.74, 6) is 0.624. The van der Waals surface area contributed by atoms with E-state index in [2.05, 4.69) is 43.8 Å². The van der Waals surface area contributed by atoms with Gasteiger partial charge in [0.2, 0.25) is 0 Å². The van der Waals surface area contributed by atoms with Gasteiger partial charge in [0.15, 0.2) is 29.2 Å². The summed E-state index contributed by atoms with van der Waals surface area (Å²) in [6.45, 7) is 5.77. The summed E-state index contributed by atoms with van der Waals surface area (Å²) < 4.78 is 34.1. The third-order valence-electron chi connectivity index (χ3n) is 7.22. The van der Waals surface area contributed by atoms with Gasteiger partial charge in [0, 0.05) is 14.8 Å². The van der Waals surface area contributed by atoms with Gasteiger partial charge >= 0.3 is 18.0 Å². The first-order valence-corrected chi connectivity index (χ1v) is 16.6. The fourth-order valence-electron chi connectivity index (χ4n) is 4.91. The number of urea groups is 1. The topological polar surface area (TPSA) is 175 Å². The summed E-state index contributed by atoms with van der Waals surface area (Å²) >= 11 is 2.15. The predicted molar refractivity (Wildman–Crippen MR) is 191 cm³/mol. The molecular formula is C35H39IN4O10. The molecule has 0 aromatic heterocycles. The molecule has 50 heavy (non-hydrogen) atoms. The minimum absolute atomic E-state index is 0.190. The van der Waals surface area contributed by atoms with Crippen molar-refractivity contribution < 1.29 is 47.9 Å². The number of benzene rings is 3. The third-order valence-corrected chi connectivity index (χ3v) is 7.84. The van der Waals surface area contributed by atoms with E-state index in [-0.39, 0.29) is 18.8 Å². The van der Waals surface area contributed by atoms with Crippen LogP contribution in [0.5, 0.6) is 23.0 Å². The van der Waals surface area contributed by atoms with E-state index in [0.29, 0.717) is 58.6 Å². The quantitative estimate of drug-likeness (QED) is 0.0525. The molecule has 15 heteroatoms. The number of nitrogens with zero attached hydrogens (tertiary/aromatic N) is 1. The van der Waals surface area contributed by atoms with Crippen molar-refractivity contribution >= 4 is 46.8 Å². The Hall–Kier alpha value is -5.03. The number of esters is 2. The van der Waals surface area contributed by atoms with Gasteiger partial charge in [0.25, 0.3) is 0 Å². The number of nitrogens with one attached hydrogen (secondary N) is 3. The van der Waals surface area contributed by atoms with Crippen molar-refractivity contribution in [3.8, 4) is 23.0 Å². The minimum Gasteiger partial charge on any atom is -0.493 e. The molecule has 0 saturated heterocycles. The number of aliphatic hydroxyl groups is 1. The molecule has 14 nitrogen and oxygen atoms in total. The molecule has 1 aliphatic heterocycles. The Bertz CT molecular complexity index is 1750. The van der Waals surface area contributed by atoms with Crippen LogP contribution >= 0.6 is 22.6 Å². The second-order valence-corrected chi connectivity index (χ2v) is 11.9. The SMILES string of the molecule is CCOC(=O)c1ccc(COc2c(/C=N/N[C@@H](O)COc3ccc([C@H]4NC(=O)NC(C)=C4C(=O)OC)cc3OCC)cc(I)cc2OC)cc1. The lowest BCUT2D eigenvalue weighted by Gasteiger charge is -2.28. The highest BCUT2D eigenvalue weighted by Crippen LogP contribution is 2.35. The second kappa shape index (κ2) is 18.1. The molecule has 2 atom stereocenters. The zero-order chi connectivity index (χ0) is 36.2. The summed E-state index contributed by atoms with van der Waals surface area (Å²) in [4.78, 5) is 36.7. The molecule has 0 bridgehead atoms. The average molecular weight is 803 g/mol. The lowest BCUT2D eigenvalue weighted by molar-refractivity contribution is -0.136. The van der Waals surface area contributed by atoms with E-state index in [1.54, 1.807) is 63.2 Å². The molecule has 0 aliphatic carbocycles. The van der Waals surface area contributed by atoms with Crippen molar-refractivity contribution in [1.29, 1.82) is 0 Å². The van der Waals surface area contributed by atoms with Gasteiger partial charge < -0.3 is 44.2 Å². The summed E-state index contributed by atoms with van der Waals surface area (Å²) in [5.41, 5.74) is 5.70. The first kappa shape index (κ1) is 37.8. The van der Waals surface area contributed by atoms with Gasteiger partial charge in [0.05, 0.1) is 50.8 Å². The fourth-order valence-corrected chi connectivity index (χ4v) is 5.53. The molecule has 1 heterocycles. The Balaban J connectivity index is 1.42. The van der Waals surface area contributed by atoms with Gasteiger partial charge in [-0.2, -0.15) is 5.10 Å². The molecule has 0 fully saturated rings. The van der Waals surface area contributed by atoms with E-state index in [4.69, 9.17) is 28.4 Å². The van der Waals surface area contributed by atoms with Crippen LogP contribution in [0.25, 0.3) is 0 Å². The smallest absolute Gasteiger partial charge is 0.338 e. The normalized spacial score (nSPS) is 14.7. The highest BCUT2D eigenvalue weighted by atomic mass is 127. The predicted octanol–water partition coefficient (Wildman–Crippen LogP) is 4.58. The number of carbonyl (C=O) groups is 3. The first-order chi connectivity index (χ1) is 24.1. The number of amides is 2. The van der Waals surface area contributed by atoms with Crippen LogP contribution in [0.4, 0.5) is 4.79 Å². The maximum atomic E-state index is 12.5. The van der Waals surface area contributed by atoms with E-state index >= 15 is 0 Å². The van der Waals surface area contributed by atoms with E-state index in [0.717, 1.165) is 9.13 Å². The number of hydrogen-bond donors (Lipinski definition) is 4. The number of carbonyl (C=O) groups excluding carboxylic acids is 3. The standard InChI is InChI=1S/C35H39IN4O10/c1-6-47-27-15-23(31-30(34(43)46-5)20(3)38-35(44)39-31)12-13-26(27)49-19-29(41)40-37-17-24-14-25(36)16-28(45-4)32(24)50-18-21-8-10-22(11-9-21)33(42)48-7-2/h8-17,29,31,40-41H,6-7,18-19H2,1-5H3,(H2,38,39,44)/b37-17+/t29-,31+/m0/s1. The third kappa shape index (κ3) is 9.78. The Labute approximate surface area is 303 Å². The van der Waals surface area contributed by atoms with Crippen LogP contribution in [-0.2, 0) is 20.9 Å². The summed E-state index contributed by atoms with van der Waals surface area (Å²) in [7, 11) is 2.80. The first-order valence-electron chi connectivity index (χ1n) is 15.6. The van der Waals surface area contributed by atoms with Gasteiger partial charge in [-0.3, -0.25) is 5.43 Å². The van der Waals surface area contributed by atoms with Crippen molar-refractivity contribution in [2.24, 2.45) is 5.10 Å². The Morgan fingerprint density at radius 1 is 0.980 bits per heavy atom. The second-order valence-electron chi connectivity index (χ2n) is 10.6. The molecule has 4 N–H and O–H groups in total. The molecule has 0 saturated carbocycles. The van der Waals surface area contributed by atoms with Crippen LogP contribution in [-0.4, -0.2) is 69.6 Å². The number of methoxy groups -OCH3 is 2. The number of rotatable bonds is 16. The molecular weight excluding hydrogens is 763 g/mol. The van der Waals surface area contributed by atoms with Crippen LogP contribution < -0.4 is 35.0 Å². The maximum absolute atomic E-state index is 12.5. The van der Waals surface area contributed by atoms with Gasteiger partial charge in [-0.1, -0.05) is 18.2 Å². The van der Waals surface area contributed by atoms with E-state index in [1.807, 2.05) is 12.1 Å². The van der Waals surface area contributed by atoms with Crippen molar-refractivity contribution in [2.75, 3.05) is 34.0 Å². The molecule has 3 aromatic rings. The molecule has 4 rings (SSSR count). The number of halogens is 1. The molecule has 0 unspecified atom stereocenters. The van der Waals surface area contributed by atoms with Crippen LogP contribution in [0.1, 0.15) is 53.9 Å². The Morgan fingerprint density at radius 2 is 1.74 bits per heavy atom. The van der Waals surface area contributed by atoms with Gasteiger partial charge in [-0.25, -0.2) is 14.4 Å². The zero-order valence-electron chi connectivity index (χ0n) is 28.2. The number of hydrazone groups is 1. The Kier molecular flexibility index (Phi) is 13.7. The zero-order valence-corrected chi connectivity index (χ0v) is 30.4. The molecule has 2 amide bonds. The number of aliphatic hydroxyl groups excluding tert-OH is 1. The Morgan fingerprint density at radius 3 is 2.42 bits per heavy atom. The largest absolute Gasteiger partial charge is 0.493 e. The number of allylic oxidation sites excluding steroid dienone is 1. The lowest BCUT2D eigenvalue weighted by Crippen LogP contribution is -2.45. The fraction of sp³-hybridized carbons (Fsp3) is 0.314. The molecule has 266 valence electrons. The average Bonchev–Trinajstić information content (AvgIpc) is 3.10. The summed E-state index contributed by atoms with van der Waals surface area (Å²) in [6.07, 6.45) is 0.280. The monoisotopic (exact) mass is 802 g/mol. The van der Waals surface area contributed by atoms with E-state index in [1.165, 1.54) is 20.4 Å². The van der Waals surface area contributed by atoms with E-state index in [9.17, 15) is 19.5 Å². The molecule has 0 radical (unpaired) electrons. The van der Waals surface area contributed by atoms with Gasteiger partial charge in [-0.05, 0) is 90.9 Å². The molecule has 3 aromatic carbocycles. The van der Waals surface area contributed by atoms with Crippen LogP contribution in [0.15, 0.2) is 71.0 Å². The lowest BCUT2D eigenvalue weighted by atomic mass is 9.95. The van der Waals surface area contributed by atoms with Crippen LogP contribution in [0.2, 0.25) is 0 Å². The van der Waals surface area contributed by atoms with Gasteiger partial charge in [-0.15, -0.1) is 0 Å². The van der Waals surface area contributed by atoms with Crippen LogP contribution in [0.3, 0.4) is 0 Å². The number of hydrogen-bond acceptors (Lipinski definition) is 12. The summed E-state index contributed by atoms with van der Waals surface area (Å²) in [5, 5.41) is 20.2. The highest BCUT2D eigenvalue weighted by Gasteiger charge is 2.32. The molecule has 1 aliphatic rings. The van der Waals surface area contributed by atoms with E-state index < -0.39 is 30.2 Å². The number of ether oxygens (including phenoxy) is 6. The van der Waals surface area contributed by atoms with Gasteiger partial charge in [0.1, 0.15) is 13.2 Å². The summed E-state index contributed by atoms with van der Waals surface area (Å²) in [6, 6.07) is 14.3. The van der Waals surface area contributed by atoms with Crippen molar-refractivity contribution in [1.82, 2.24) is 16.1 Å². The maximum Gasteiger partial charge on any atom is 0.338 e. The van der Waals surface area contributed by atoms with Crippen LogP contribution in [0, 0.1) is 3.57 Å². The van der Waals surface area contributed by atoms with Crippen molar-refractivity contribution in [2.45, 2.75) is 39.6 Å². The van der Waals surface area contributed by atoms with Crippen molar-refractivity contribution in [3.63, 3.8) is 0 Å². The molecule has 0 spiro atoms. The minimum atomic E-state index is -1.22. The van der Waals surface area contributed by atoms with Crippen molar-refractivity contribution in [3.05, 3.63) is 91.7 Å².